The van der Waals surface area contributed by atoms with E-state index in [1.165, 1.54) is 115 Å². The fourth-order valence-corrected chi connectivity index (χ4v) is 13.5. The van der Waals surface area contributed by atoms with Crippen LogP contribution in [-0.2, 0) is 23.7 Å². The van der Waals surface area contributed by atoms with Gasteiger partial charge in [0.05, 0.1) is 11.4 Å². The first kappa shape index (κ1) is 40.8. The second-order valence-corrected chi connectivity index (χ2v) is 20.3. The Balaban J connectivity index is 0.987. The number of rotatable bonds is 8. The van der Waals surface area contributed by atoms with E-state index in [4.69, 9.17) is 0 Å². The van der Waals surface area contributed by atoms with Gasteiger partial charge in [0.2, 0.25) is 0 Å². The van der Waals surface area contributed by atoms with Crippen LogP contribution in [0.25, 0.3) is 33.4 Å². The van der Waals surface area contributed by atoms with Crippen molar-refractivity contribution in [3.63, 3.8) is 0 Å². The highest BCUT2D eigenvalue weighted by Gasteiger charge is 2.59. The molecular formula is C66H56N2. The van der Waals surface area contributed by atoms with E-state index in [-0.39, 0.29) is 10.8 Å². The summed E-state index contributed by atoms with van der Waals surface area (Å²) in [6, 6.07) is 82.2. The van der Waals surface area contributed by atoms with Crippen LogP contribution in [0.2, 0.25) is 0 Å². The fraction of sp³-hybridized carbons (Fsp3) is 0.182. The molecule has 68 heavy (non-hydrogen) atoms. The van der Waals surface area contributed by atoms with Crippen LogP contribution in [0.4, 0.5) is 34.1 Å². The van der Waals surface area contributed by atoms with Crippen LogP contribution in [0, 0.1) is 11.8 Å². The van der Waals surface area contributed by atoms with Crippen molar-refractivity contribution in [3.05, 3.63) is 252 Å². The van der Waals surface area contributed by atoms with E-state index < -0.39 is 0 Å². The molecule has 0 amide bonds. The zero-order chi connectivity index (χ0) is 45.4. The lowest BCUT2D eigenvalue weighted by Gasteiger charge is -2.43. The van der Waals surface area contributed by atoms with Crippen LogP contribution in [0.3, 0.4) is 0 Å². The van der Waals surface area contributed by atoms with E-state index in [1.54, 1.807) is 11.1 Å². The standard InChI is InChI=1S/C66H56N2/c1-65(2)59-29-15-14-28-57(59)58-41-40-56(44-60(58)65)68(54-26-10-5-11-27-54)62-31-17-21-50-43-52-23-13-12-22-51-42-49-20-16-30-61(63(49)66(51,52)64(50)62)67(53-24-8-4-9-25-53)55-38-36-48(37-39-55)47-34-32-46(33-35-47)45-18-6-3-7-19-45/h3-11,14-21,24-41,44,51-52H,12-13,22-23,42-43H2,1-2H3. The van der Waals surface area contributed by atoms with Crippen molar-refractivity contribution in [1.82, 2.24) is 0 Å². The Morgan fingerprint density at radius 3 is 1.35 bits per heavy atom. The molecule has 0 N–H and O–H groups in total. The van der Waals surface area contributed by atoms with Crippen molar-refractivity contribution in [3.8, 4) is 33.4 Å². The van der Waals surface area contributed by atoms with Crippen molar-refractivity contribution in [2.24, 2.45) is 11.8 Å². The van der Waals surface area contributed by atoms with Crippen LogP contribution in [-0.4, -0.2) is 0 Å². The maximum absolute atomic E-state index is 2.62. The Labute approximate surface area is 402 Å². The van der Waals surface area contributed by atoms with Gasteiger partial charge in [-0.2, -0.15) is 0 Å². The largest absolute Gasteiger partial charge is 0.310 e. The molecule has 1 fully saturated rings. The van der Waals surface area contributed by atoms with E-state index in [2.05, 4.69) is 242 Å². The zero-order valence-corrected chi connectivity index (χ0v) is 39.1. The molecule has 0 aliphatic heterocycles. The van der Waals surface area contributed by atoms with Gasteiger partial charge >= 0.3 is 0 Å². The predicted molar refractivity (Wildman–Crippen MR) is 284 cm³/mol. The topological polar surface area (TPSA) is 6.48 Å². The summed E-state index contributed by atoms with van der Waals surface area (Å²) < 4.78 is 0. The molecule has 3 atom stereocenters. The molecule has 1 spiro atoms. The average Bonchev–Trinajstić information content (AvgIpc) is 3.94. The van der Waals surface area contributed by atoms with Crippen LogP contribution in [0.15, 0.2) is 218 Å². The van der Waals surface area contributed by atoms with Gasteiger partial charge < -0.3 is 9.80 Å². The first-order chi connectivity index (χ1) is 33.5. The summed E-state index contributed by atoms with van der Waals surface area (Å²) >= 11 is 0. The molecular weight excluding hydrogens is 821 g/mol. The fourth-order valence-electron chi connectivity index (χ4n) is 13.5. The van der Waals surface area contributed by atoms with Crippen LogP contribution >= 0.6 is 0 Å². The van der Waals surface area contributed by atoms with Crippen LogP contribution < -0.4 is 9.80 Å². The third-order valence-corrected chi connectivity index (χ3v) is 16.4. The van der Waals surface area contributed by atoms with Gasteiger partial charge in [0.1, 0.15) is 0 Å². The van der Waals surface area contributed by atoms with Crippen molar-refractivity contribution in [1.29, 1.82) is 0 Å². The molecule has 3 unspecified atom stereocenters. The number of hydrogen-bond donors (Lipinski definition) is 0. The summed E-state index contributed by atoms with van der Waals surface area (Å²) in [5, 5.41) is 0. The minimum absolute atomic E-state index is 0.107. The van der Waals surface area contributed by atoms with Gasteiger partial charge in [0.25, 0.3) is 0 Å². The first-order valence-electron chi connectivity index (χ1n) is 24.9. The molecule has 2 nitrogen and oxygen atoms in total. The normalized spacial score (nSPS) is 19.1. The quantitative estimate of drug-likeness (QED) is 0.150. The third kappa shape index (κ3) is 6.30. The number of anilines is 6. The molecule has 2 heteroatoms. The highest BCUT2D eigenvalue weighted by Crippen LogP contribution is 2.67. The molecule has 0 bridgehead atoms. The van der Waals surface area contributed by atoms with E-state index in [9.17, 15) is 0 Å². The maximum atomic E-state index is 2.62. The molecule has 13 rings (SSSR count). The molecule has 4 aliphatic carbocycles. The van der Waals surface area contributed by atoms with Crippen molar-refractivity contribution < 1.29 is 0 Å². The molecule has 330 valence electrons. The maximum Gasteiger partial charge on any atom is 0.0505 e. The summed E-state index contributed by atoms with van der Waals surface area (Å²) in [6.07, 6.45) is 7.23. The Morgan fingerprint density at radius 1 is 0.368 bits per heavy atom. The third-order valence-electron chi connectivity index (χ3n) is 16.4. The number of para-hydroxylation sites is 2. The molecule has 4 aliphatic rings. The molecule has 9 aromatic rings. The van der Waals surface area contributed by atoms with Gasteiger partial charge in [-0.1, -0.05) is 184 Å². The first-order valence-corrected chi connectivity index (χ1v) is 24.9. The highest BCUT2D eigenvalue weighted by atomic mass is 15.2. The molecule has 0 aromatic heterocycles. The summed E-state index contributed by atoms with van der Waals surface area (Å²) in [4.78, 5) is 5.20. The van der Waals surface area contributed by atoms with Gasteiger partial charge in [-0.3, -0.25) is 0 Å². The number of benzene rings is 9. The minimum Gasteiger partial charge on any atom is -0.310 e. The summed E-state index contributed by atoms with van der Waals surface area (Å²) in [6.45, 7) is 4.81. The van der Waals surface area contributed by atoms with Crippen LogP contribution in [0.5, 0.6) is 0 Å². The van der Waals surface area contributed by atoms with Crippen molar-refractivity contribution >= 4 is 34.1 Å². The molecule has 1 saturated carbocycles. The molecule has 9 aromatic carbocycles. The lowest BCUT2D eigenvalue weighted by atomic mass is 9.63. The summed E-state index contributed by atoms with van der Waals surface area (Å²) in [5.41, 5.74) is 23.7. The minimum atomic E-state index is -0.166. The van der Waals surface area contributed by atoms with E-state index in [1.807, 2.05) is 0 Å². The second kappa shape index (κ2) is 16.1. The Hall–Kier alpha value is -7.42. The van der Waals surface area contributed by atoms with Crippen molar-refractivity contribution in [2.75, 3.05) is 9.80 Å². The molecule has 0 radical (unpaired) electrons. The number of fused-ring (bicyclic) bond motifs is 5. The van der Waals surface area contributed by atoms with Crippen LogP contribution in [0.1, 0.15) is 72.9 Å². The Morgan fingerprint density at radius 2 is 0.794 bits per heavy atom. The monoisotopic (exact) mass is 876 g/mol. The van der Waals surface area contributed by atoms with Gasteiger partial charge in [0.15, 0.2) is 0 Å². The van der Waals surface area contributed by atoms with E-state index >= 15 is 0 Å². The number of hydrogen-bond acceptors (Lipinski definition) is 2. The summed E-state index contributed by atoms with van der Waals surface area (Å²) in [5.74, 6) is 0.997. The molecule has 0 saturated heterocycles. The second-order valence-electron chi connectivity index (χ2n) is 20.3. The van der Waals surface area contributed by atoms with E-state index in [0.29, 0.717) is 11.8 Å². The zero-order valence-electron chi connectivity index (χ0n) is 39.1. The van der Waals surface area contributed by atoms with E-state index in [0.717, 1.165) is 12.8 Å². The lowest BCUT2D eigenvalue weighted by molar-refractivity contribution is 0.258. The van der Waals surface area contributed by atoms with Gasteiger partial charge in [0, 0.05) is 33.6 Å². The summed E-state index contributed by atoms with van der Waals surface area (Å²) in [7, 11) is 0. The van der Waals surface area contributed by atoms with Gasteiger partial charge in [-0.15, -0.1) is 0 Å². The van der Waals surface area contributed by atoms with Gasteiger partial charge in [-0.05, 0) is 165 Å². The highest BCUT2D eigenvalue weighted by molar-refractivity contribution is 5.89. The van der Waals surface area contributed by atoms with Crippen molar-refractivity contribution in [2.45, 2.75) is 63.2 Å². The predicted octanol–water partition coefficient (Wildman–Crippen LogP) is 17.5. The smallest absolute Gasteiger partial charge is 0.0505 e. The average molecular weight is 877 g/mol. The Bertz CT molecular complexity index is 3310. The van der Waals surface area contributed by atoms with Gasteiger partial charge in [-0.25, -0.2) is 0 Å². The lowest BCUT2D eigenvalue weighted by Crippen LogP contribution is -2.39. The Kier molecular flexibility index (Phi) is 9.68. The molecule has 0 heterocycles. The number of nitrogens with zero attached hydrogens (tertiary/aromatic N) is 2. The SMILES string of the molecule is CC1(C)c2ccccc2-c2ccc(N(c3ccccc3)c3cccc4c3C35c6c(cccc6N(c6ccccc6)c6ccc(-c7ccc(-c8ccccc8)cc7)cc6)CC3CCCCC5C4)cc21.